The molecule has 0 saturated carbocycles. The molecule has 0 fully saturated rings. The SMILES string of the molecule is Cc1ncsc1CCN(C)C(=O)C=Cc1cnn(C)c1. The van der Waals surface area contributed by atoms with E-state index in [2.05, 4.69) is 10.1 Å². The number of hydrogen-bond acceptors (Lipinski definition) is 4. The lowest BCUT2D eigenvalue weighted by Crippen LogP contribution is -2.26. The van der Waals surface area contributed by atoms with Crippen molar-refractivity contribution in [2.75, 3.05) is 13.6 Å². The monoisotopic (exact) mass is 290 g/mol. The molecule has 0 N–H and O–H groups in total. The normalized spacial score (nSPS) is 11.2. The Hall–Kier alpha value is -1.95. The number of aromatic nitrogens is 3. The summed E-state index contributed by atoms with van der Waals surface area (Å²) in [5.41, 5.74) is 3.82. The number of carbonyl (C=O) groups is 1. The van der Waals surface area contributed by atoms with Crippen molar-refractivity contribution in [3.63, 3.8) is 0 Å². The molecule has 2 heterocycles. The lowest BCUT2D eigenvalue weighted by atomic mass is 10.2. The Morgan fingerprint density at radius 2 is 2.35 bits per heavy atom. The van der Waals surface area contributed by atoms with Gasteiger partial charge < -0.3 is 4.90 Å². The van der Waals surface area contributed by atoms with E-state index < -0.39 is 0 Å². The summed E-state index contributed by atoms with van der Waals surface area (Å²) in [4.78, 5) is 19.1. The van der Waals surface area contributed by atoms with Gasteiger partial charge in [0.25, 0.3) is 0 Å². The molecule has 0 saturated heterocycles. The van der Waals surface area contributed by atoms with Crippen LogP contribution in [0.4, 0.5) is 0 Å². The zero-order chi connectivity index (χ0) is 14.5. The van der Waals surface area contributed by atoms with Crippen molar-refractivity contribution in [2.24, 2.45) is 7.05 Å². The average Bonchev–Trinajstić information content (AvgIpc) is 3.02. The molecule has 5 nitrogen and oxygen atoms in total. The van der Waals surface area contributed by atoms with Gasteiger partial charge in [-0.05, 0) is 13.0 Å². The first-order valence-corrected chi connectivity index (χ1v) is 7.25. The van der Waals surface area contributed by atoms with E-state index in [1.54, 1.807) is 39.3 Å². The largest absolute Gasteiger partial charge is 0.342 e. The van der Waals surface area contributed by atoms with Gasteiger partial charge in [-0.15, -0.1) is 11.3 Å². The van der Waals surface area contributed by atoms with Crippen molar-refractivity contribution in [3.05, 3.63) is 40.1 Å². The molecule has 0 spiro atoms. The van der Waals surface area contributed by atoms with Crippen LogP contribution in [0.2, 0.25) is 0 Å². The number of nitrogens with zero attached hydrogens (tertiary/aromatic N) is 4. The van der Waals surface area contributed by atoms with Gasteiger partial charge in [0, 0.05) is 49.8 Å². The summed E-state index contributed by atoms with van der Waals surface area (Å²) in [6, 6.07) is 0. The molecule has 0 aromatic carbocycles. The molecule has 106 valence electrons. The molecule has 2 aromatic heterocycles. The van der Waals surface area contributed by atoms with Gasteiger partial charge in [0.05, 0.1) is 17.4 Å². The fourth-order valence-electron chi connectivity index (χ4n) is 1.77. The van der Waals surface area contributed by atoms with Crippen LogP contribution in [0.3, 0.4) is 0 Å². The lowest BCUT2D eigenvalue weighted by molar-refractivity contribution is -0.124. The van der Waals surface area contributed by atoms with Crippen molar-refractivity contribution in [3.8, 4) is 0 Å². The lowest BCUT2D eigenvalue weighted by Gasteiger charge is -2.14. The molecule has 0 atom stereocenters. The van der Waals surface area contributed by atoms with E-state index in [1.165, 1.54) is 4.88 Å². The summed E-state index contributed by atoms with van der Waals surface area (Å²) >= 11 is 1.64. The van der Waals surface area contributed by atoms with Crippen LogP contribution in [-0.2, 0) is 18.3 Å². The number of hydrogen-bond donors (Lipinski definition) is 0. The third-order valence-corrected chi connectivity index (χ3v) is 4.03. The van der Waals surface area contributed by atoms with Crippen LogP contribution >= 0.6 is 11.3 Å². The first kappa shape index (κ1) is 14.5. The predicted molar refractivity (Wildman–Crippen MR) is 80.4 cm³/mol. The second-order valence-corrected chi connectivity index (χ2v) is 5.59. The summed E-state index contributed by atoms with van der Waals surface area (Å²) < 4.78 is 1.71. The van der Waals surface area contributed by atoms with E-state index >= 15 is 0 Å². The Morgan fingerprint density at radius 3 is 2.95 bits per heavy atom. The van der Waals surface area contributed by atoms with Gasteiger partial charge in [0.2, 0.25) is 5.91 Å². The molecule has 2 aromatic rings. The molecule has 0 unspecified atom stereocenters. The maximum atomic E-state index is 12.0. The highest BCUT2D eigenvalue weighted by Gasteiger charge is 2.07. The molecule has 1 amide bonds. The number of carbonyl (C=O) groups excluding carboxylic acids is 1. The van der Waals surface area contributed by atoms with Crippen molar-refractivity contribution in [1.29, 1.82) is 0 Å². The molecule has 6 heteroatoms. The van der Waals surface area contributed by atoms with Crippen LogP contribution in [-0.4, -0.2) is 39.2 Å². The molecule has 0 aliphatic heterocycles. The highest BCUT2D eigenvalue weighted by atomic mass is 32.1. The Morgan fingerprint density at radius 1 is 1.55 bits per heavy atom. The molecule has 0 aliphatic carbocycles. The van der Waals surface area contributed by atoms with Crippen LogP contribution in [0.15, 0.2) is 24.0 Å². The highest BCUT2D eigenvalue weighted by Crippen LogP contribution is 2.13. The minimum Gasteiger partial charge on any atom is -0.342 e. The number of rotatable bonds is 5. The van der Waals surface area contributed by atoms with E-state index in [1.807, 2.05) is 32.7 Å². The van der Waals surface area contributed by atoms with Gasteiger partial charge in [-0.1, -0.05) is 0 Å². The summed E-state index contributed by atoms with van der Waals surface area (Å²) in [6.45, 7) is 2.69. The number of aryl methyl sites for hydroxylation is 2. The van der Waals surface area contributed by atoms with Crippen LogP contribution < -0.4 is 0 Å². The van der Waals surface area contributed by atoms with Crippen LogP contribution in [0.5, 0.6) is 0 Å². The number of amides is 1. The quantitative estimate of drug-likeness (QED) is 0.790. The van der Waals surface area contributed by atoms with Gasteiger partial charge in [-0.3, -0.25) is 9.48 Å². The van der Waals surface area contributed by atoms with Gasteiger partial charge in [0.15, 0.2) is 0 Å². The van der Waals surface area contributed by atoms with Crippen molar-refractivity contribution in [2.45, 2.75) is 13.3 Å². The highest BCUT2D eigenvalue weighted by molar-refractivity contribution is 7.09. The van der Waals surface area contributed by atoms with E-state index in [4.69, 9.17) is 0 Å². The molecule has 2 rings (SSSR count). The number of likely N-dealkylation sites (N-methyl/N-ethyl adjacent to an activating group) is 1. The summed E-state index contributed by atoms with van der Waals surface area (Å²) in [5.74, 6) is -0.00368. The van der Waals surface area contributed by atoms with Crippen molar-refractivity contribution < 1.29 is 4.79 Å². The summed E-state index contributed by atoms with van der Waals surface area (Å²) in [6.07, 6.45) is 7.80. The molecule has 0 bridgehead atoms. The van der Waals surface area contributed by atoms with Gasteiger partial charge >= 0.3 is 0 Å². The Kier molecular flexibility index (Phi) is 4.68. The van der Waals surface area contributed by atoms with Crippen LogP contribution in [0, 0.1) is 6.92 Å². The second kappa shape index (κ2) is 6.47. The predicted octanol–water partition coefficient (Wildman–Crippen LogP) is 1.90. The number of thiazole rings is 1. The Balaban J connectivity index is 1.86. The smallest absolute Gasteiger partial charge is 0.246 e. The maximum Gasteiger partial charge on any atom is 0.246 e. The minimum atomic E-state index is -0.00368. The Labute approximate surface area is 122 Å². The van der Waals surface area contributed by atoms with Gasteiger partial charge in [-0.2, -0.15) is 5.10 Å². The van der Waals surface area contributed by atoms with E-state index in [0.717, 1.165) is 17.7 Å². The minimum absolute atomic E-state index is 0.00368. The zero-order valence-electron chi connectivity index (χ0n) is 11.9. The van der Waals surface area contributed by atoms with Crippen LogP contribution in [0.1, 0.15) is 16.1 Å². The molecule has 0 radical (unpaired) electrons. The topological polar surface area (TPSA) is 51.0 Å². The molecular weight excluding hydrogens is 272 g/mol. The summed E-state index contributed by atoms with van der Waals surface area (Å²) in [7, 11) is 3.66. The first-order valence-electron chi connectivity index (χ1n) is 6.37. The standard InChI is InChI=1S/C14H18N4OS/c1-11-13(20-10-15-11)6-7-17(2)14(19)5-4-12-8-16-18(3)9-12/h4-5,8-10H,6-7H2,1-3H3. The van der Waals surface area contributed by atoms with Gasteiger partial charge in [0.1, 0.15) is 0 Å². The first-order chi connectivity index (χ1) is 9.56. The van der Waals surface area contributed by atoms with Crippen molar-refractivity contribution in [1.82, 2.24) is 19.7 Å². The fourth-order valence-corrected chi connectivity index (χ4v) is 2.54. The van der Waals surface area contributed by atoms with Crippen molar-refractivity contribution >= 4 is 23.3 Å². The third kappa shape index (κ3) is 3.77. The zero-order valence-corrected chi connectivity index (χ0v) is 12.7. The fraction of sp³-hybridized carbons (Fsp3) is 0.357. The molecule has 0 aliphatic rings. The van der Waals surface area contributed by atoms with Crippen LogP contribution in [0.25, 0.3) is 6.08 Å². The average molecular weight is 290 g/mol. The molecule has 20 heavy (non-hydrogen) atoms. The van der Waals surface area contributed by atoms with E-state index in [0.29, 0.717) is 6.54 Å². The van der Waals surface area contributed by atoms with E-state index in [-0.39, 0.29) is 5.91 Å². The third-order valence-electron chi connectivity index (χ3n) is 3.04. The van der Waals surface area contributed by atoms with E-state index in [9.17, 15) is 4.79 Å². The van der Waals surface area contributed by atoms with Gasteiger partial charge in [-0.25, -0.2) is 4.98 Å². The maximum absolute atomic E-state index is 12.0. The Bertz CT molecular complexity index is 614. The second-order valence-electron chi connectivity index (χ2n) is 4.65. The summed E-state index contributed by atoms with van der Waals surface area (Å²) in [5, 5.41) is 4.05. The molecular formula is C14H18N4OS.